The zero-order chi connectivity index (χ0) is 82.0. The highest BCUT2D eigenvalue weighted by Gasteiger charge is 2.61. The number of carbonyl (C=O) groups is 9. The average Bonchev–Trinajstić information content (AvgIpc) is 1.59. The molecule has 3 aromatic carbocycles. The SMILES string of the molecule is CCNC(=O)Nc1ncnc2c1ncn2C1OC(C(=O)N2CCCC[C@H]2C(=O)O)C2O[C@H](c3ccccc3)OC21.CCNC(=O)Nc1ncnc2c1ncn2C1OC(C(=O)N2CC[C@@H](C(=O)O)C2)C2O[C@H](c3ccccc3)OC21.CCNC(=O)Nc1ncnc2c1ncn2C1OC(C(=O)N2CC[C@H](C(=O)O)C2)C2O[C@H](c3ccccc3)OC21. The maximum absolute atomic E-state index is 13.8. The normalized spacial score (nSPS) is 27.9. The summed E-state index contributed by atoms with van der Waals surface area (Å²) in [5.41, 5.74) is 4.43. The third-order valence-corrected chi connectivity index (χ3v) is 21.6. The first-order chi connectivity index (χ1) is 57.3. The molecule has 0 saturated carbocycles. The van der Waals surface area contributed by atoms with Gasteiger partial charge in [-0.15, -0.1) is 0 Å². The summed E-state index contributed by atoms with van der Waals surface area (Å²) in [6.45, 7) is 7.86. The van der Waals surface area contributed by atoms with Crippen molar-refractivity contribution in [1.82, 2.24) is 89.2 Å². The molecule has 6 aromatic heterocycles. The number of hydrogen-bond acceptors (Lipinski definition) is 27. The van der Waals surface area contributed by atoms with Crippen molar-refractivity contribution < 1.29 is 101 Å². The molecule has 0 radical (unpaired) electrons. The second-order valence-corrected chi connectivity index (χ2v) is 28.9. The second kappa shape index (κ2) is 34.4. The Balaban J connectivity index is 0.000000132. The van der Waals surface area contributed by atoms with Crippen LogP contribution in [0.2, 0.25) is 0 Å². The number of hydrogen-bond donors (Lipinski definition) is 9. The number of ether oxygens (including phenoxy) is 9. The summed E-state index contributed by atoms with van der Waals surface area (Å²) < 4.78 is 61.4. The molecule has 618 valence electrons. The number of carboxylic acid groups (broad SMARTS) is 3. The lowest BCUT2D eigenvalue weighted by molar-refractivity contribution is -0.174. The Bertz CT molecular complexity index is 5010. The van der Waals surface area contributed by atoms with E-state index in [1.807, 2.05) is 91.0 Å². The summed E-state index contributed by atoms with van der Waals surface area (Å²) in [6, 6.07) is 25.8. The quantitative estimate of drug-likeness (QED) is 0.0575. The maximum Gasteiger partial charge on any atom is 0.326 e. The number of fused-ring (bicyclic) bond motifs is 6. The lowest BCUT2D eigenvalue weighted by atomic mass is 10.00. The molecule has 12 unspecified atom stereocenters. The van der Waals surface area contributed by atoms with Gasteiger partial charge in [0, 0.05) is 69.0 Å². The van der Waals surface area contributed by atoms with Crippen LogP contribution in [-0.2, 0) is 71.4 Å². The summed E-state index contributed by atoms with van der Waals surface area (Å²) >= 11 is 0. The Hall–Kier alpha value is -12.4. The van der Waals surface area contributed by atoms with Crippen LogP contribution in [0.5, 0.6) is 0 Å². The van der Waals surface area contributed by atoms with Crippen LogP contribution in [0.4, 0.5) is 31.8 Å². The second-order valence-electron chi connectivity index (χ2n) is 28.9. The van der Waals surface area contributed by atoms with E-state index in [1.165, 1.54) is 52.7 Å². The van der Waals surface area contributed by atoms with Crippen molar-refractivity contribution in [3.8, 4) is 0 Å². The molecule has 9 N–H and O–H groups in total. The number of likely N-dealkylation sites (tertiary alicyclic amines) is 3. The largest absolute Gasteiger partial charge is 0.481 e. The minimum atomic E-state index is -1.11. The number of piperidine rings is 1. The molecule has 42 nitrogen and oxygen atoms in total. The molecular formula is C76H83N21O21. The molecule has 9 amide bonds. The van der Waals surface area contributed by atoms with Crippen molar-refractivity contribution in [2.45, 2.75) is 151 Å². The predicted octanol–water partition coefficient (Wildman–Crippen LogP) is 4.38. The number of imidazole rings is 3. The van der Waals surface area contributed by atoms with Crippen molar-refractivity contribution in [3.05, 3.63) is 146 Å². The van der Waals surface area contributed by atoms with Gasteiger partial charge in [-0.2, -0.15) is 0 Å². The molecule has 0 spiro atoms. The van der Waals surface area contributed by atoms with Gasteiger partial charge in [0.2, 0.25) is 0 Å². The van der Waals surface area contributed by atoms with Crippen LogP contribution >= 0.6 is 0 Å². The number of amides is 9. The van der Waals surface area contributed by atoms with Crippen LogP contribution in [0.3, 0.4) is 0 Å². The molecule has 9 aliphatic heterocycles. The van der Waals surface area contributed by atoms with E-state index in [-0.39, 0.29) is 42.4 Å². The lowest BCUT2D eigenvalue weighted by Gasteiger charge is -2.35. The standard InChI is InChI=1S/C26H29N7O7.2C25H27N7O7/c1-2-27-26(37)31-20-16-21(29-12-28-20)33(13-30-16)23-19-17(39-25(40-19)14-8-4-3-5-9-14)18(38-23)22(34)32-11-7-6-10-15(32)24(35)36;2*1-2-26-25(36)30-19-15-20(28-11-27-19)32(12-29-15)22-18-16(38-24(39-18)13-6-4-3-5-7-13)17(37-22)21(33)31-9-8-14(10-31)23(34)35/h3-5,8-9,12-13,15,17-19,23,25H,2,6-7,10-11H2,1H3,(H,35,36)(H2,27,28,29,31,37);2*3-7,11-12,14,16-18,22,24H,2,8-10H2,1H3,(H,34,35)(H2,26,27,28,30,36)/t15-,17?,18?,19?,23?,25-;14-,16?,17?,18?,22?,24+;14-,16?,17?,18?,22?,24-/m010/s1. The van der Waals surface area contributed by atoms with Gasteiger partial charge in [0.15, 0.2) is 107 Å². The van der Waals surface area contributed by atoms with Crippen LogP contribution in [0.15, 0.2) is 129 Å². The van der Waals surface area contributed by atoms with Gasteiger partial charge < -0.3 is 88.6 Å². The fraction of sp³-hybridized carbons (Fsp3) is 0.447. The van der Waals surface area contributed by atoms with Gasteiger partial charge in [0.05, 0.1) is 30.8 Å². The number of urea groups is 3. The summed E-state index contributed by atoms with van der Waals surface area (Å²) in [5, 5.41) is 44.5. The number of aliphatic carboxylic acids is 3. The molecule has 0 aliphatic carbocycles. The van der Waals surface area contributed by atoms with Crippen molar-refractivity contribution in [3.63, 3.8) is 0 Å². The lowest BCUT2D eigenvalue weighted by Crippen LogP contribution is -2.53. The molecule has 9 aromatic rings. The smallest absolute Gasteiger partial charge is 0.326 e. The predicted molar refractivity (Wildman–Crippen MR) is 404 cm³/mol. The summed E-state index contributed by atoms with van der Waals surface area (Å²) in [5.74, 6) is -4.68. The maximum atomic E-state index is 13.8. The molecule has 15 heterocycles. The van der Waals surface area contributed by atoms with Crippen molar-refractivity contribution in [1.29, 1.82) is 0 Å². The number of nitrogens with one attached hydrogen (secondary N) is 6. The Morgan fingerprint density at radius 3 is 1.03 bits per heavy atom. The first-order valence-electron chi connectivity index (χ1n) is 38.6. The third kappa shape index (κ3) is 15.8. The van der Waals surface area contributed by atoms with Crippen molar-refractivity contribution in [2.75, 3.05) is 68.3 Å². The van der Waals surface area contributed by atoms with E-state index in [9.17, 15) is 58.5 Å². The number of nitrogens with zero attached hydrogens (tertiary/aromatic N) is 15. The zero-order valence-corrected chi connectivity index (χ0v) is 63.6. The first-order valence-corrected chi connectivity index (χ1v) is 38.6. The monoisotopic (exact) mass is 1630 g/mol. The Morgan fingerprint density at radius 1 is 0.381 bits per heavy atom. The van der Waals surface area contributed by atoms with E-state index >= 15 is 0 Å². The zero-order valence-electron chi connectivity index (χ0n) is 63.6. The van der Waals surface area contributed by atoms with Crippen LogP contribution in [0, 0.1) is 11.8 Å². The number of aromatic nitrogens is 12. The van der Waals surface area contributed by atoms with Gasteiger partial charge in [-0.05, 0) is 52.9 Å². The van der Waals surface area contributed by atoms with E-state index in [2.05, 4.69) is 76.8 Å². The molecular weight excluding hydrogens is 1540 g/mol. The van der Waals surface area contributed by atoms with E-state index in [0.29, 0.717) is 98.4 Å². The fourth-order valence-electron chi connectivity index (χ4n) is 15.9. The molecule has 9 fully saturated rings. The molecule has 18 rings (SSSR count). The van der Waals surface area contributed by atoms with E-state index < -0.39 is 152 Å². The van der Waals surface area contributed by atoms with Crippen LogP contribution < -0.4 is 31.9 Å². The summed E-state index contributed by atoms with van der Waals surface area (Å²) in [6.07, 6.45) is -1.51. The molecule has 42 heteroatoms. The topological polar surface area (TPSA) is 510 Å². The van der Waals surface area contributed by atoms with Gasteiger partial charge in [0.1, 0.15) is 61.6 Å². The molecule has 118 heavy (non-hydrogen) atoms. The van der Waals surface area contributed by atoms with Gasteiger partial charge in [0.25, 0.3) is 17.7 Å². The number of benzene rings is 3. The van der Waals surface area contributed by atoms with Gasteiger partial charge in [-0.25, -0.2) is 64.0 Å². The highest BCUT2D eigenvalue weighted by atomic mass is 16.8. The minimum Gasteiger partial charge on any atom is -0.481 e. The number of anilines is 3. The summed E-state index contributed by atoms with van der Waals surface area (Å²) in [4.78, 5) is 155. The van der Waals surface area contributed by atoms with Gasteiger partial charge in [-0.1, -0.05) is 91.0 Å². The fourth-order valence-corrected chi connectivity index (χ4v) is 15.9. The molecule has 9 aliphatic rings. The van der Waals surface area contributed by atoms with E-state index in [0.717, 1.165) is 23.1 Å². The first kappa shape index (κ1) is 79.4. The third-order valence-electron chi connectivity index (χ3n) is 21.6. The van der Waals surface area contributed by atoms with Crippen LogP contribution in [0.1, 0.15) is 107 Å². The molecule has 18 atom stereocenters. The van der Waals surface area contributed by atoms with Crippen LogP contribution in [0.25, 0.3) is 33.5 Å². The van der Waals surface area contributed by atoms with E-state index in [1.54, 1.807) is 34.5 Å². The minimum absolute atomic E-state index is 0.106. The van der Waals surface area contributed by atoms with Crippen molar-refractivity contribution >= 4 is 105 Å². The van der Waals surface area contributed by atoms with Gasteiger partial charge >= 0.3 is 36.0 Å². The van der Waals surface area contributed by atoms with E-state index in [4.69, 9.17) is 42.6 Å². The number of carboxylic acids is 3. The summed E-state index contributed by atoms with van der Waals surface area (Å²) in [7, 11) is 0. The van der Waals surface area contributed by atoms with Gasteiger partial charge in [-0.3, -0.25) is 53.6 Å². The Morgan fingerprint density at radius 2 is 0.712 bits per heavy atom. The molecule has 0 bridgehead atoms. The number of carbonyl (C=O) groups excluding carboxylic acids is 6. The van der Waals surface area contributed by atoms with Crippen LogP contribution in [-0.4, -0.2) is 256 Å². The Kier molecular flexibility index (Phi) is 23.2. The number of rotatable bonds is 18. The highest BCUT2D eigenvalue weighted by Crippen LogP contribution is 2.50. The van der Waals surface area contributed by atoms with Crippen molar-refractivity contribution in [2.24, 2.45) is 11.8 Å². The Labute approximate surface area is 669 Å². The molecule has 9 saturated heterocycles. The highest BCUT2D eigenvalue weighted by molar-refractivity contribution is 5.98. The average molecular weight is 1630 g/mol.